The number of nitrogens with zero attached hydrogens (tertiary/aromatic N) is 3. The lowest BCUT2D eigenvalue weighted by atomic mass is 10.2. The van der Waals surface area contributed by atoms with E-state index in [4.69, 9.17) is 5.10 Å². The first-order chi connectivity index (χ1) is 11.8. The van der Waals surface area contributed by atoms with Gasteiger partial charge in [0.1, 0.15) is 6.67 Å². The average molecular weight is 315 g/mol. The molecular weight excluding hydrogens is 294 g/mol. The molecule has 0 atom stereocenters. The molecule has 0 saturated carbocycles. The molecule has 0 bridgehead atoms. The second-order valence-electron chi connectivity index (χ2n) is 5.52. The first-order valence-corrected chi connectivity index (χ1v) is 8.00. The van der Waals surface area contributed by atoms with Crippen molar-refractivity contribution in [3.05, 3.63) is 103 Å². The summed E-state index contributed by atoms with van der Waals surface area (Å²) in [5.74, 6) is 0.960. The highest BCUT2D eigenvalue weighted by Gasteiger charge is 2.25. The van der Waals surface area contributed by atoms with Crippen molar-refractivity contribution in [2.75, 3.05) is 11.6 Å². The van der Waals surface area contributed by atoms with Gasteiger partial charge in [-0.2, -0.15) is 5.10 Å². The zero-order valence-corrected chi connectivity index (χ0v) is 13.8. The van der Waals surface area contributed by atoms with Crippen molar-refractivity contribution in [2.45, 2.75) is 6.92 Å². The molecule has 2 aromatic carbocycles. The molecule has 120 valence electrons. The number of allylic oxidation sites excluding steroid dienone is 5. The molecule has 0 radical (unpaired) electrons. The van der Waals surface area contributed by atoms with Crippen molar-refractivity contribution in [1.29, 1.82) is 0 Å². The summed E-state index contributed by atoms with van der Waals surface area (Å²) >= 11 is 0. The topological polar surface area (TPSA) is 18.8 Å². The van der Waals surface area contributed by atoms with E-state index in [1.54, 1.807) is 6.08 Å². The van der Waals surface area contributed by atoms with Crippen molar-refractivity contribution in [3.63, 3.8) is 0 Å². The van der Waals surface area contributed by atoms with Crippen LogP contribution in [0, 0.1) is 0 Å². The minimum Gasteiger partial charge on any atom is -0.304 e. The summed E-state index contributed by atoms with van der Waals surface area (Å²) in [6, 6.07) is 20.6. The largest absolute Gasteiger partial charge is 0.304 e. The molecule has 0 aliphatic carbocycles. The van der Waals surface area contributed by atoms with Crippen LogP contribution in [-0.2, 0) is 0 Å². The molecule has 0 aromatic heterocycles. The second kappa shape index (κ2) is 7.47. The molecule has 3 rings (SSSR count). The molecule has 0 saturated heterocycles. The predicted molar refractivity (Wildman–Crippen MR) is 102 cm³/mol. The Hall–Kier alpha value is -3.07. The van der Waals surface area contributed by atoms with E-state index in [1.165, 1.54) is 0 Å². The SMILES string of the molecule is C=CC=CC=C(C)N1CN(c2ccccc2)C(c2ccccc2)=N1. The number of amidine groups is 1. The molecule has 1 heterocycles. The highest BCUT2D eigenvalue weighted by molar-refractivity contribution is 6.10. The van der Waals surface area contributed by atoms with E-state index >= 15 is 0 Å². The Kier molecular flexibility index (Phi) is 4.92. The highest BCUT2D eigenvalue weighted by Crippen LogP contribution is 2.25. The maximum Gasteiger partial charge on any atom is 0.162 e. The Morgan fingerprint density at radius 1 is 1.00 bits per heavy atom. The van der Waals surface area contributed by atoms with E-state index in [0.717, 1.165) is 22.8 Å². The van der Waals surface area contributed by atoms with Gasteiger partial charge >= 0.3 is 0 Å². The van der Waals surface area contributed by atoms with Crippen LogP contribution in [-0.4, -0.2) is 17.5 Å². The quantitative estimate of drug-likeness (QED) is 0.740. The molecule has 0 N–H and O–H groups in total. The van der Waals surface area contributed by atoms with Crippen LogP contribution in [0.4, 0.5) is 5.69 Å². The average Bonchev–Trinajstić information content (AvgIpc) is 3.09. The van der Waals surface area contributed by atoms with E-state index < -0.39 is 0 Å². The van der Waals surface area contributed by atoms with Gasteiger partial charge in [0, 0.05) is 16.9 Å². The number of hydrogen-bond donors (Lipinski definition) is 0. The molecular formula is C21H21N3. The summed E-state index contributed by atoms with van der Waals surface area (Å²) < 4.78 is 0. The molecule has 3 heteroatoms. The molecule has 0 fully saturated rings. The number of para-hydroxylation sites is 1. The van der Waals surface area contributed by atoms with Gasteiger partial charge in [-0.25, -0.2) is 5.01 Å². The second-order valence-corrected chi connectivity index (χ2v) is 5.52. The molecule has 1 aliphatic rings. The molecule has 0 spiro atoms. The Morgan fingerprint density at radius 2 is 1.67 bits per heavy atom. The van der Waals surface area contributed by atoms with E-state index in [2.05, 4.69) is 54.8 Å². The zero-order valence-electron chi connectivity index (χ0n) is 13.8. The minimum absolute atomic E-state index is 0.693. The van der Waals surface area contributed by atoms with Crippen molar-refractivity contribution in [2.24, 2.45) is 5.10 Å². The van der Waals surface area contributed by atoms with Gasteiger partial charge in [0.15, 0.2) is 5.84 Å². The number of hydrazone groups is 1. The summed E-state index contributed by atoms with van der Waals surface area (Å²) in [5, 5.41) is 6.86. The summed E-state index contributed by atoms with van der Waals surface area (Å²) in [5.41, 5.74) is 3.33. The molecule has 0 amide bonds. The summed E-state index contributed by atoms with van der Waals surface area (Å²) in [4.78, 5) is 2.23. The fourth-order valence-corrected chi connectivity index (χ4v) is 2.56. The number of rotatable bonds is 5. The van der Waals surface area contributed by atoms with Gasteiger partial charge in [0.2, 0.25) is 0 Å². The maximum absolute atomic E-state index is 4.84. The monoisotopic (exact) mass is 315 g/mol. The molecule has 1 aliphatic heterocycles. The van der Waals surface area contributed by atoms with Gasteiger partial charge in [-0.1, -0.05) is 73.3 Å². The Morgan fingerprint density at radius 3 is 2.33 bits per heavy atom. The van der Waals surface area contributed by atoms with Crippen molar-refractivity contribution in [3.8, 4) is 0 Å². The number of anilines is 1. The fourth-order valence-electron chi connectivity index (χ4n) is 2.56. The Bertz CT molecular complexity index is 773. The zero-order chi connectivity index (χ0) is 16.8. The lowest BCUT2D eigenvalue weighted by molar-refractivity contribution is 0.403. The van der Waals surface area contributed by atoms with E-state index in [9.17, 15) is 0 Å². The van der Waals surface area contributed by atoms with Crippen LogP contribution in [0.1, 0.15) is 12.5 Å². The van der Waals surface area contributed by atoms with E-state index in [1.807, 2.05) is 47.5 Å². The smallest absolute Gasteiger partial charge is 0.162 e. The first kappa shape index (κ1) is 15.8. The van der Waals surface area contributed by atoms with Crippen LogP contribution >= 0.6 is 0 Å². The third kappa shape index (κ3) is 3.46. The standard InChI is InChI=1S/C21H21N3/c1-3-4-7-12-18(2)24-17-23(20-15-10-6-11-16-20)21(22-24)19-13-8-5-9-14-19/h3-16H,1,17H2,2H3. The molecule has 24 heavy (non-hydrogen) atoms. The van der Waals surface area contributed by atoms with Gasteiger partial charge in [-0.05, 0) is 25.1 Å². The number of hydrogen-bond acceptors (Lipinski definition) is 3. The van der Waals surface area contributed by atoms with Gasteiger partial charge < -0.3 is 4.90 Å². The van der Waals surface area contributed by atoms with Crippen LogP contribution in [0.15, 0.2) is 102 Å². The van der Waals surface area contributed by atoms with Gasteiger partial charge in [-0.15, -0.1) is 0 Å². The minimum atomic E-state index is 0.693. The maximum atomic E-state index is 4.84. The van der Waals surface area contributed by atoms with Crippen molar-refractivity contribution in [1.82, 2.24) is 5.01 Å². The third-order valence-electron chi connectivity index (χ3n) is 3.84. The van der Waals surface area contributed by atoms with Crippen LogP contribution in [0.3, 0.4) is 0 Å². The predicted octanol–water partition coefficient (Wildman–Crippen LogP) is 4.77. The van der Waals surface area contributed by atoms with Crippen LogP contribution < -0.4 is 4.90 Å². The van der Waals surface area contributed by atoms with Crippen molar-refractivity contribution >= 4 is 11.5 Å². The van der Waals surface area contributed by atoms with Gasteiger partial charge in [0.25, 0.3) is 0 Å². The fraction of sp³-hybridized carbons (Fsp3) is 0.0952. The molecule has 2 aromatic rings. The highest BCUT2D eigenvalue weighted by atomic mass is 15.6. The first-order valence-electron chi connectivity index (χ1n) is 8.00. The third-order valence-corrected chi connectivity index (χ3v) is 3.84. The van der Waals surface area contributed by atoms with Crippen LogP contribution in [0.2, 0.25) is 0 Å². The van der Waals surface area contributed by atoms with Crippen molar-refractivity contribution < 1.29 is 0 Å². The van der Waals surface area contributed by atoms with Gasteiger partial charge in [0.05, 0.1) is 0 Å². The molecule has 0 unspecified atom stereocenters. The molecule has 3 nitrogen and oxygen atoms in total. The number of benzene rings is 2. The van der Waals surface area contributed by atoms with Crippen LogP contribution in [0.5, 0.6) is 0 Å². The summed E-state index contributed by atoms with van der Waals surface area (Å²) in [6.45, 7) is 6.45. The lowest BCUT2D eigenvalue weighted by Crippen LogP contribution is -2.30. The van der Waals surface area contributed by atoms with Crippen LogP contribution in [0.25, 0.3) is 0 Å². The Balaban J connectivity index is 1.95. The lowest BCUT2D eigenvalue weighted by Gasteiger charge is -2.21. The summed E-state index contributed by atoms with van der Waals surface area (Å²) in [6.07, 6.45) is 7.70. The Labute approximate surface area is 143 Å². The normalized spacial score (nSPS) is 15.0. The van der Waals surface area contributed by atoms with Gasteiger partial charge in [-0.3, -0.25) is 0 Å². The summed E-state index contributed by atoms with van der Waals surface area (Å²) in [7, 11) is 0. The van der Waals surface area contributed by atoms with E-state index in [-0.39, 0.29) is 0 Å². The van der Waals surface area contributed by atoms with E-state index in [0.29, 0.717) is 6.67 Å².